The predicted molar refractivity (Wildman–Crippen MR) is 122 cm³/mol. The van der Waals surface area contributed by atoms with E-state index >= 15 is 0 Å². The molecule has 2 aromatic heterocycles. The summed E-state index contributed by atoms with van der Waals surface area (Å²) < 4.78 is 3.28. The molecule has 0 aliphatic rings. The first-order valence-corrected chi connectivity index (χ1v) is 11.1. The predicted octanol–water partition coefficient (Wildman–Crippen LogP) is 6.20. The number of nitrogens with zero attached hydrogens (tertiary/aromatic N) is 2. The minimum Gasteiger partial charge on any atom is -0.345 e. The molecular formula is C24H21BrN2OS. The van der Waals surface area contributed by atoms with Crippen LogP contribution in [0.2, 0.25) is 0 Å². The summed E-state index contributed by atoms with van der Waals surface area (Å²) in [5.41, 5.74) is 3.47. The Morgan fingerprint density at radius 3 is 2.38 bits per heavy atom. The van der Waals surface area contributed by atoms with Crippen LogP contribution >= 0.6 is 27.3 Å². The van der Waals surface area contributed by atoms with Crippen LogP contribution in [0.25, 0.3) is 0 Å². The van der Waals surface area contributed by atoms with E-state index in [1.54, 1.807) is 0 Å². The third kappa shape index (κ3) is 5.05. The molecule has 0 saturated heterocycles. The van der Waals surface area contributed by atoms with Crippen LogP contribution in [0.3, 0.4) is 0 Å². The van der Waals surface area contributed by atoms with Crippen LogP contribution in [-0.2, 0) is 19.6 Å². The lowest BCUT2D eigenvalue weighted by molar-refractivity contribution is 0.0731. The second kappa shape index (κ2) is 9.25. The maximum absolute atomic E-state index is 13.2. The first-order chi connectivity index (χ1) is 14.2. The fourth-order valence-electron chi connectivity index (χ4n) is 3.29. The molecule has 0 radical (unpaired) electrons. The minimum absolute atomic E-state index is 0.0697. The molecule has 4 rings (SSSR count). The highest BCUT2D eigenvalue weighted by molar-refractivity contribution is 9.10. The van der Waals surface area contributed by atoms with Crippen molar-refractivity contribution in [2.45, 2.75) is 19.6 Å². The molecule has 2 heterocycles. The van der Waals surface area contributed by atoms with Gasteiger partial charge in [0, 0.05) is 29.5 Å². The van der Waals surface area contributed by atoms with Gasteiger partial charge in [0.15, 0.2) is 0 Å². The van der Waals surface area contributed by atoms with Crippen molar-refractivity contribution in [3.05, 3.63) is 117 Å². The van der Waals surface area contributed by atoms with E-state index in [2.05, 4.69) is 69.2 Å². The van der Waals surface area contributed by atoms with Gasteiger partial charge in [-0.2, -0.15) is 0 Å². The van der Waals surface area contributed by atoms with Gasteiger partial charge in [0.25, 0.3) is 5.91 Å². The second-order valence-electron chi connectivity index (χ2n) is 6.88. The lowest BCUT2D eigenvalue weighted by Gasteiger charge is -2.23. The van der Waals surface area contributed by atoms with Gasteiger partial charge >= 0.3 is 0 Å². The van der Waals surface area contributed by atoms with Crippen LogP contribution < -0.4 is 0 Å². The molecule has 2 aromatic carbocycles. The number of aromatic nitrogens is 1. The number of hydrogen-bond acceptors (Lipinski definition) is 2. The van der Waals surface area contributed by atoms with Crippen molar-refractivity contribution in [3.8, 4) is 0 Å². The maximum Gasteiger partial charge on any atom is 0.264 e. The Labute approximate surface area is 183 Å². The SMILES string of the molecule is O=C(c1cccs1)N(Cc1ccccc1)Cc1cccn1Cc1ccc(Br)cc1. The van der Waals surface area contributed by atoms with Gasteiger partial charge in [0.05, 0.1) is 11.4 Å². The second-order valence-corrected chi connectivity index (χ2v) is 8.74. The van der Waals surface area contributed by atoms with Crippen molar-refractivity contribution >= 4 is 33.2 Å². The van der Waals surface area contributed by atoms with E-state index in [0.29, 0.717) is 13.1 Å². The number of hydrogen-bond donors (Lipinski definition) is 0. The Kier molecular flexibility index (Phi) is 6.27. The van der Waals surface area contributed by atoms with Crippen LogP contribution in [0, 0.1) is 0 Å². The highest BCUT2D eigenvalue weighted by atomic mass is 79.9. The summed E-state index contributed by atoms with van der Waals surface area (Å²) >= 11 is 4.98. The van der Waals surface area contributed by atoms with Crippen molar-refractivity contribution in [1.29, 1.82) is 0 Å². The van der Waals surface area contributed by atoms with Gasteiger partial charge in [-0.25, -0.2) is 0 Å². The fraction of sp³-hybridized carbons (Fsp3) is 0.125. The van der Waals surface area contributed by atoms with Gasteiger partial charge in [-0.05, 0) is 46.8 Å². The van der Waals surface area contributed by atoms with Crippen molar-refractivity contribution in [3.63, 3.8) is 0 Å². The molecule has 0 aliphatic heterocycles. The fourth-order valence-corrected chi connectivity index (χ4v) is 4.24. The van der Waals surface area contributed by atoms with Crippen molar-refractivity contribution in [2.24, 2.45) is 0 Å². The third-order valence-electron chi connectivity index (χ3n) is 4.78. The average molecular weight is 465 g/mol. The lowest BCUT2D eigenvalue weighted by atomic mass is 10.2. The topological polar surface area (TPSA) is 25.2 Å². The van der Waals surface area contributed by atoms with E-state index in [4.69, 9.17) is 0 Å². The summed E-state index contributed by atoms with van der Waals surface area (Å²) in [5.74, 6) is 0.0697. The Morgan fingerprint density at radius 1 is 0.862 bits per heavy atom. The molecule has 0 fully saturated rings. The quantitative estimate of drug-likeness (QED) is 0.319. The molecule has 5 heteroatoms. The molecule has 0 spiro atoms. The Hall–Kier alpha value is -2.63. The summed E-state index contributed by atoms with van der Waals surface area (Å²) in [6.45, 7) is 1.93. The molecule has 4 aromatic rings. The normalized spacial score (nSPS) is 10.8. The monoisotopic (exact) mass is 464 g/mol. The van der Waals surface area contributed by atoms with Gasteiger partial charge in [-0.3, -0.25) is 4.79 Å². The van der Waals surface area contributed by atoms with Crippen molar-refractivity contribution in [2.75, 3.05) is 0 Å². The van der Waals surface area contributed by atoms with Crippen molar-refractivity contribution < 1.29 is 4.79 Å². The van der Waals surface area contributed by atoms with Gasteiger partial charge in [0.1, 0.15) is 0 Å². The molecule has 3 nitrogen and oxygen atoms in total. The minimum atomic E-state index is 0.0697. The van der Waals surface area contributed by atoms with Crippen LogP contribution in [0.4, 0.5) is 0 Å². The lowest BCUT2D eigenvalue weighted by Crippen LogP contribution is -2.30. The van der Waals surface area contributed by atoms with Crippen LogP contribution in [0.5, 0.6) is 0 Å². The number of carbonyl (C=O) groups excluding carboxylic acids is 1. The average Bonchev–Trinajstić information content (AvgIpc) is 3.42. The molecule has 1 amide bonds. The zero-order valence-corrected chi connectivity index (χ0v) is 18.3. The number of amides is 1. The number of halogens is 1. The Balaban J connectivity index is 1.57. The van der Waals surface area contributed by atoms with Crippen LogP contribution in [-0.4, -0.2) is 15.4 Å². The summed E-state index contributed by atoms with van der Waals surface area (Å²) in [6.07, 6.45) is 2.08. The Morgan fingerprint density at radius 2 is 1.66 bits per heavy atom. The number of rotatable bonds is 7. The van der Waals surface area contributed by atoms with Gasteiger partial charge in [-0.1, -0.05) is 64.5 Å². The summed E-state index contributed by atoms with van der Waals surface area (Å²) in [5, 5.41) is 1.95. The molecule has 146 valence electrons. The summed E-state index contributed by atoms with van der Waals surface area (Å²) in [6, 6.07) is 26.5. The maximum atomic E-state index is 13.2. The molecule has 0 N–H and O–H groups in total. The van der Waals surface area contributed by atoms with E-state index in [-0.39, 0.29) is 5.91 Å². The van der Waals surface area contributed by atoms with Gasteiger partial charge < -0.3 is 9.47 Å². The molecule has 0 bridgehead atoms. The largest absolute Gasteiger partial charge is 0.345 e. The van der Waals surface area contributed by atoms with Gasteiger partial charge in [0.2, 0.25) is 0 Å². The van der Waals surface area contributed by atoms with Crippen molar-refractivity contribution in [1.82, 2.24) is 9.47 Å². The summed E-state index contributed by atoms with van der Waals surface area (Å²) in [7, 11) is 0. The highest BCUT2D eigenvalue weighted by Crippen LogP contribution is 2.19. The van der Waals surface area contributed by atoms with Crippen LogP contribution in [0.15, 0.2) is 94.9 Å². The number of benzene rings is 2. The molecule has 0 unspecified atom stereocenters. The smallest absolute Gasteiger partial charge is 0.264 e. The highest BCUT2D eigenvalue weighted by Gasteiger charge is 2.19. The van der Waals surface area contributed by atoms with E-state index in [0.717, 1.165) is 27.2 Å². The van der Waals surface area contributed by atoms with Crippen LogP contribution in [0.1, 0.15) is 26.5 Å². The third-order valence-corrected chi connectivity index (χ3v) is 6.16. The number of thiophene rings is 1. The standard InChI is InChI=1S/C24H21BrN2OS/c25-21-12-10-20(11-13-21)16-26-14-4-8-22(26)18-27(17-19-6-2-1-3-7-19)24(28)23-9-5-15-29-23/h1-15H,16-18H2. The summed E-state index contributed by atoms with van der Waals surface area (Å²) in [4.78, 5) is 15.9. The molecular weight excluding hydrogens is 444 g/mol. The molecule has 29 heavy (non-hydrogen) atoms. The van der Waals surface area contributed by atoms with E-state index in [1.165, 1.54) is 16.9 Å². The van der Waals surface area contributed by atoms with Gasteiger partial charge in [-0.15, -0.1) is 11.3 Å². The molecule has 0 saturated carbocycles. The first-order valence-electron chi connectivity index (χ1n) is 9.44. The van der Waals surface area contributed by atoms with E-state index in [1.807, 2.05) is 46.7 Å². The molecule has 0 aliphatic carbocycles. The Bertz CT molecular complexity index is 1060. The first kappa shape index (κ1) is 19.7. The number of carbonyl (C=O) groups is 1. The zero-order valence-electron chi connectivity index (χ0n) is 15.9. The zero-order chi connectivity index (χ0) is 20.1. The van der Waals surface area contributed by atoms with E-state index in [9.17, 15) is 4.79 Å². The molecule has 0 atom stereocenters. The van der Waals surface area contributed by atoms with E-state index < -0.39 is 0 Å².